The van der Waals surface area contributed by atoms with Gasteiger partial charge < -0.3 is 4.90 Å². The van der Waals surface area contributed by atoms with Gasteiger partial charge in [0.25, 0.3) is 5.91 Å². The first-order valence-electron chi connectivity index (χ1n) is 11.6. The molecule has 7 nitrogen and oxygen atoms in total. The van der Waals surface area contributed by atoms with Crippen molar-refractivity contribution in [2.75, 3.05) is 13.6 Å². The highest BCUT2D eigenvalue weighted by molar-refractivity contribution is 7.13. The minimum Gasteiger partial charge on any atom is -0.340 e. The maximum absolute atomic E-state index is 13.2. The zero-order valence-corrected chi connectivity index (χ0v) is 20.2. The maximum atomic E-state index is 13.2. The molecule has 2 unspecified atom stereocenters. The number of carbonyl (C=O) groups excluding carboxylic acids is 1. The molecule has 1 amide bonds. The quantitative estimate of drug-likeness (QED) is 0.378. The van der Waals surface area contributed by atoms with Crippen LogP contribution in [0.4, 0.5) is 4.39 Å². The van der Waals surface area contributed by atoms with E-state index in [9.17, 15) is 9.18 Å². The van der Waals surface area contributed by atoms with Gasteiger partial charge in [-0.15, -0.1) is 11.3 Å². The van der Waals surface area contributed by atoms with Gasteiger partial charge in [-0.3, -0.25) is 15.6 Å². The van der Waals surface area contributed by atoms with E-state index < -0.39 is 0 Å². The van der Waals surface area contributed by atoms with E-state index in [1.54, 1.807) is 15.8 Å². The molecule has 2 aromatic heterocycles. The highest BCUT2D eigenvalue weighted by Gasteiger charge is 2.25. The van der Waals surface area contributed by atoms with E-state index in [0.29, 0.717) is 18.3 Å². The van der Waals surface area contributed by atoms with Crippen molar-refractivity contribution >= 4 is 17.2 Å². The molecular weight excluding hydrogens is 463 g/mol. The van der Waals surface area contributed by atoms with Crippen molar-refractivity contribution < 1.29 is 9.18 Å². The summed E-state index contributed by atoms with van der Waals surface area (Å²) in [6.07, 6.45) is 6.43. The summed E-state index contributed by atoms with van der Waals surface area (Å²) in [6, 6.07) is 17.0. The number of nitrogens with one attached hydrogen (secondary N) is 2. The fraction of sp³-hybridized carbons (Fsp3) is 0.269. The maximum Gasteiger partial charge on any atom is 0.273 e. The summed E-state index contributed by atoms with van der Waals surface area (Å²) in [7, 11) is 1.82. The molecule has 3 heterocycles. The predicted octanol–water partition coefficient (Wildman–Crippen LogP) is 4.59. The number of hydrogen-bond donors (Lipinski definition) is 2. The van der Waals surface area contributed by atoms with Crippen LogP contribution in [0.25, 0.3) is 16.3 Å². The number of nitrogens with zero attached hydrogens (tertiary/aromatic N) is 4. The second-order valence-corrected chi connectivity index (χ2v) is 9.60. The topological polar surface area (TPSA) is 75.1 Å². The van der Waals surface area contributed by atoms with Crippen molar-refractivity contribution in [3.63, 3.8) is 0 Å². The first-order chi connectivity index (χ1) is 17.1. The highest BCUT2D eigenvalue weighted by Crippen LogP contribution is 2.26. The fourth-order valence-corrected chi connectivity index (χ4v) is 5.03. The van der Waals surface area contributed by atoms with Crippen LogP contribution in [0.5, 0.6) is 0 Å². The van der Waals surface area contributed by atoms with Crippen molar-refractivity contribution in [3.8, 4) is 16.3 Å². The Labute approximate surface area is 207 Å². The third-order valence-corrected chi connectivity index (χ3v) is 7.11. The molecule has 0 saturated carbocycles. The molecule has 35 heavy (non-hydrogen) atoms. The Kier molecular flexibility index (Phi) is 6.98. The smallest absolute Gasteiger partial charge is 0.273 e. The molecule has 2 atom stereocenters. The Balaban J connectivity index is 1.11. The van der Waals surface area contributed by atoms with Gasteiger partial charge in [-0.05, 0) is 49.1 Å². The molecule has 180 valence electrons. The van der Waals surface area contributed by atoms with Gasteiger partial charge in [-0.1, -0.05) is 30.3 Å². The van der Waals surface area contributed by atoms with E-state index in [-0.39, 0.29) is 17.8 Å². The number of carbonyl (C=O) groups is 1. The number of rotatable bonds is 8. The number of hydrogen-bond acceptors (Lipinski definition) is 6. The van der Waals surface area contributed by atoms with Crippen molar-refractivity contribution in [1.29, 1.82) is 0 Å². The first-order valence-corrected chi connectivity index (χ1v) is 12.5. The summed E-state index contributed by atoms with van der Waals surface area (Å²) in [5.41, 5.74) is 10.0. The number of halogens is 1. The molecule has 0 aliphatic carbocycles. The molecule has 2 aromatic carbocycles. The lowest BCUT2D eigenvalue weighted by Crippen LogP contribution is -2.32. The molecule has 1 fully saturated rings. The molecule has 1 aliphatic heterocycles. The molecule has 1 saturated heterocycles. The average molecular weight is 491 g/mol. The largest absolute Gasteiger partial charge is 0.340 e. The highest BCUT2D eigenvalue weighted by atomic mass is 32.1. The zero-order chi connectivity index (χ0) is 24.2. The van der Waals surface area contributed by atoms with Gasteiger partial charge in [-0.2, -0.15) is 5.10 Å². The summed E-state index contributed by atoms with van der Waals surface area (Å²) in [4.78, 5) is 19.2. The number of aromatic nitrogens is 3. The third kappa shape index (κ3) is 5.48. The summed E-state index contributed by atoms with van der Waals surface area (Å²) in [5, 5.41) is 7.00. The molecule has 0 bridgehead atoms. The van der Waals surface area contributed by atoms with E-state index in [0.717, 1.165) is 41.1 Å². The molecule has 1 aliphatic rings. The lowest BCUT2D eigenvalue weighted by Gasteiger charge is -2.17. The Morgan fingerprint density at radius 2 is 1.97 bits per heavy atom. The lowest BCUT2D eigenvalue weighted by molar-refractivity contribution is 0.0787. The first kappa shape index (κ1) is 23.3. The normalized spacial score (nSPS) is 17.5. The van der Waals surface area contributed by atoms with E-state index in [1.165, 1.54) is 23.5 Å². The van der Waals surface area contributed by atoms with Gasteiger partial charge in [0.2, 0.25) is 0 Å². The van der Waals surface area contributed by atoms with Crippen molar-refractivity contribution in [2.45, 2.75) is 31.3 Å². The van der Waals surface area contributed by atoms with Crippen LogP contribution >= 0.6 is 11.3 Å². The van der Waals surface area contributed by atoms with Crippen LogP contribution in [0, 0.1) is 5.82 Å². The van der Waals surface area contributed by atoms with Gasteiger partial charge in [0.1, 0.15) is 16.5 Å². The number of hydrazine groups is 1. The molecule has 9 heteroatoms. The van der Waals surface area contributed by atoms with E-state index in [1.807, 2.05) is 61.1 Å². The summed E-state index contributed by atoms with van der Waals surface area (Å²) >= 11 is 1.45. The summed E-state index contributed by atoms with van der Waals surface area (Å²) < 4.78 is 15.0. The standard InChI is InChI=1S/C26H27FN6OS/c1-32(13-5-6-21-14-23(31-30-21)18-9-11-20(27)12-10-18)26(34)24-17-35-25(29-24)19-15-28-33(16-19)22-7-3-2-4-8-22/h2-4,7-12,15-17,21,23,30-31H,5-6,13-14H2,1H3. The van der Waals surface area contributed by atoms with Crippen LogP contribution in [-0.2, 0) is 0 Å². The minimum atomic E-state index is -0.224. The number of benzene rings is 2. The van der Waals surface area contributed by atoms with Crippen LogP contribution in [0.1, 0.15) is 41.4 Å². The predicted molar refractivity (Wildman–Crippen MR) is 135 cm³/mol. The van der Waals surface area contributed by atoms with Crippen LogP contribution in [0.2, 0.25) is 0 Å². The number of amides is 1. The Bertz CT molecular complexity index is 1270. The molecule has 0 radical (unpaired) electrons. The SMILES string of the molecule is CN(CCCC1CC(c2ccc(F)cc2)NN1)C(=O)c1csc(-c2cnn(-c3ccccc3)c2)n1. The number of thiazole rings is 1. The molecular formula is C26H27FN6OS. The van der Waals surface area contributed by atoms with Crippen LogP contribution in [0.3, 0.4) is 0 Å². The Morgan fingerprint density at radius 1 is 1.17 bits per heavy atom. The van der Waals surface area contributed by atoms with Gasteiger partial charge in [0.05, 0.1) is 11.9 Å². The zero-order valence-electron chi connectivity index (χ0n) is 19.4. The van der Waals surface area contributed by atoms with Crippen LogP contribution in [0.15, 0.2) is 72.4 Å². The van der Waals surface area contributed by atoms with Gasteiger partial charge in [0.15, 0.2) is 0 Å². The Morgan fingerprint density at radius 3 is 2.77 bits per heavy atom. The van der Waals surface area contributed by atoms with Crippen molar-refractivity contribution in [1.82, 2.24) is 30.5 Å². The van der Waals surface area contributed by atoms with E-state index in [2.05, 4.69) is 20.9 Å². The van der Waals surface area contributed by atoms with E-state index >= 15 is 0 Å². The lowest BCUT2D eigenvalue weighted by atomic mass is 9.99. The third-order valence-electron chi connectivity index (χ3n) is 6.22. The molecule has 0 spiro atoms. The Hall–Kier alpha value is -3.40. The summed E-state index contributed by atoms with van der Waals surface area (Å²) in [6.45, 7) is 0.650. The second-order valence-electron chi connectivity index (χ2n) is 8.74. The minimum absolute atomic E-state index is 0.0790. The van der Waals surface area contributed by atoms with Crippen LogP contribution in [-0.4, -0.2) is 45.2 Å². The summed E-state index contributed by atoms with van der Waals surface area (Å²) in [5.74, 6) is -0.303. The van der Waals surface area contributed by atoms with Crippen molar-refractivity contribution in [2.24, 2.45) is 0 Å². The molecule has 4 aromatic rings. The van der Waals surface area contributed by atoms with Gasteiger partial charge in [-0.25, -0.2) is 14.1 Å². The fourth-order valence-electron chi connectivity index (χ4n) is 4.26. The number of para-hydroxylation sites is 1. The second kappa shape index (κ2) is 10.5. The van der Waals surface area contributed by atoms with E-state index in [4.69, 9.17) is 0 Å². The molecule has 5 rings (SSSR count). The van der Waals surface area contributed by atoms with Gasteiger partial charge in [0, 0.05) is 42.8 Å². The monoisotopic (exact) mass is 490 g/mol. The van der Waals surface area contributed by atoms with Crippen molar-refractivity contribution in [3.05, 3.63) is 89.4 Å². The van der Waals surface area contributed by atoms with Gasteiger partial charge >= 0.3 is 0 Å². The van der Waals surface area contributed by atoms with Crippen LogP contribution < -0.4 is 10.9 Å². The molecule has 2 N–H and O–H groups in total. The average Bonchev–Trinajstić information content (AvgIpc) is 3.65.